The van der Waals surface area contributed by atoms with E-state index in [1.807, 2.05) is 13.0 Å². The number of amides is 1. The number of carbonyl (C=O) groups excluding carboxylic acids is 1. The fraction of sp³-hybridized carbons (Fsp3) is 0.200. The second-order valence-corrected chi connectivity index (χ2v) is 7.40. The Balaban J connectivity index is 1.38. The minimum absolute atomic E-state index is 0.0412. The molecule has 30 heavy (non-hydrogen) atoms. The largest absolute Gasteiger partial charge is 0.351 e. The van der Waals surface area contributed by atoms with Gasteiger partial charge < -0.3 is 10.3 Å². The normalized spacial score (nSPS) is 12.1. The van der Waals surface area contributed by atoms with Gasteiger partial charge in [0.05, 0.1) is 29.9 Å². The lowest BCUT2D eigenvalue weighted by Crippen LogP contribution is -2.36. The summed E-state index contributed by atoms with van der Waals surface area (Å²) in [4.78, 5) is 15.4. The molecule has 3 N–H and O–H groups in total. The van der Waals surface area contributed by atoms with E-state index in [-0.39, 0.29) is 29.0 Å². The van der Waals surface area contributed by atoms with Crippen LogP contribution in [0.2, 0.25) is 5.02 Å². The van der Waals surface area contributed by atoms with Crippen molar-refractivity contribution in [2.45, 2.75) is 25.9 Å². The maximum atomic E-state index is 14.0. The van der Waals surface area contributed by atoms with Gasteiger partial charge in [-0.15, -0.1) is 0 Å². The number of halogens is 2. The van der Waals surface area contributed by atoms with E-state index >= 15 is 0 Å². The van der Waals surface area contributed by atoms with E-state index in [0.29, 0.717) is 17.8 Å². The van der Waals surface area contributed by atoms with E-state index in [2.05, 4.69) is 25.6 Å². The summed E-state index contributed by atoms with van der Waals surface area (Å²) >= 11 is 5.97. The van der Waals surface area contributed by atoms with E-state index in [4.69, 9.17) is 16.9 Å². The summed E-state index contributed by atoms with van der Waals surface area (Å²) in [6, 6.07) is 7.90. The summed E-state index contributed by atoms with van der Waals surface area (Å²) in [6.45, 7) is 2.31. The Morgan fingerprint density at radius 1 is 1.43 bits per heavy atom. The highest BCUT2D eigenvalue weighted by Gasteiger charge is 2.14. The first kappa shape index (κ1) is 19.7. The molecule has 0 aliphatic rings. The predicted octanol–water partition coefficient (Wildman–Crippen LogP) is 3.17. The number of fused-ring (bicyclic) bond motifs is 1. The molecule has 10 heteroatoms. The standard InChI is InChI=1S/C20H17ClFN7O/c1-11(25-19(30)7-14-4-13-9-24-27-20(13)26-14)10-29-3-2-18(28-29)12-5-16(21)15(8-23)17(22)6-12/h2-6,9,11H,7,10H2,1H3,(H,25,30)(H2,24,26,27)/t11-/m0/s1. The third-order valence-electron chi connectivity index (χ3n) is 4.59. The van der Waals surface area contributed by atoms with Gasteiger partial charge in [0.25, 0.3) is 0 Å². The fourth-order valence-corrected chi connectivity index (χ4v) is 3.50. The average Bonchev–Trinajstić information content (AvgIpc) is 3.37. The summed E-state index contributed by atoms with van der Waals surface area (Å²) in [7, 11) is 0. The zero-order valence-corrected chi connectivity index (χ0v) is 16.7. The molecule has 1 atom stereocenters. The van der Waals surface area contributed by atoms with Crippen molar-refractivity contribution in [3.05, 3.63) is 58.8 Å². The minimum atomic E-state index is -0.688. The van der Waals surface area contributed by atoms with Gasteiger partial charge in [0, 0.05) is 28.9 Å². The number of rotatable bonds is 6. The van der Waals surface area contributed by atoms with E-state index in [9.17, 15) is 9.18 Å². The molecule has 0 fully saturated rings. The molecular formula is C20H17ClFN7O. The third kappa shape index (κ3) is 4.04. The molecule has 8 nitrogen and oxygen atoms in total. The highest BCUT2D eigenvalue weighted by molar-refractivity contribution is 6.32. The van der Waals surface area contributed by atoms with Crippen LogP contribution in [0.5, 0.6) is 0 Å². The highest BCUT2D eigenvalue weighted by atomic mass is 35.5. The molecule has 152 valence electrons. The minimum Gasteiger partial charge on any atom is -0.351 e. The molecule has 0 aliphatic carbocycles. The van der Waals surface area contributed by atoms with Crippen molar-refractivity contribution >= 4 is 28.5 Å². The van der Waals surface area contributed by atoms with Crippen LogP contribution in [-0.2, 0) is 17.8 Å². The van der Waals surface area contributed by atoms with Crippen LogP contribution in [0.15, 0.2) is 36.7 Å². The Kier molecular flexibility index (Phi) is 5.25. The molecule has 1 amide bonds. The topological polar surface area (TPSA) is 115 Å². The molecule has 0 saturated heterocycles. The lowest BCUT2D eigenvalue weighted by Gasteiger charge is -2.13. The van der Waals surface area contributed by atoms with Crippen LogP contribution in [0.1, 0.15) is 18.2 Å². The van der Waals surface area contributed by atoms with Crippen molar-refractivity contribution in [2.75, 3.05) is 0 Å². The van der Waals surface area contributed by atoms with Gasteiger partial charge in [-0.2, -0.15) is 15.5 Å². The Morgan fingerprint density at radius 3 is 3.00 bits per heavy atom. The number of carbonyl (C=O) groups is 1. The molecule has 4 aromatic rings. The quantitative estimate of drug-likeness (QED) is 0.440. The van der Waals surface area contributed by atoms with E-state index in [0.717, 1.165) is 16.7 Å². The van der Waals surface area contributed by atoms with Crippen molar-refractivity contribution < 1.29 is 9.18 Å². The number of hydrogen-bond acceptors (Lipinski definition) is 4. The monoisotopic (exact) mass is 425 g/mol. The highest BCUT2D eigenvalue weighted by Crippen LogP contribution is 2.26. The summed E-state index contributed by atoms with van der Waals surface area (Å²) < 4.78 is 15.6. The third-order valence-corrected chi connectivity index (χ3v) is 4.89. The summed E-state index contributed by atoms with van der Waals surface area (Å²) in [6.07, 6.45) is 3.65. The predicted molar refractivity (Wildman–Crippen MR) is 109 cm³/mol. The number of nitriles is 1. The molecule has 0 aliphatic heterocycles. The molecule has 0 saturated carbocycles. The van der Waals surface area contributed by atoms with Crippen molar-refractivity contribution in [3.63, 3.8) is 0 Å². The van der Waals surface area contributed by atoms with Gasteiger partial charge in [0.15, 0.2) is 0 Å². The van der Waals surface area contributed by atoms with Crippen LogP contribution >= 0.6 is 11.6 Å². The van der Waals surface area contributed by atoms with Crippen LogP contribution in [-0.4, -0.2) is 36.9 Å². The second-order valence-electron chi connectivity index (χ2n) is 6.99. The van der Waals surface area contributed by atoms with Gasteiger partial charge in [0.1, 0.15) is 23.1 Å². The Bertz CT molecular complexity index is 1210. The second kappa shape index (κ2) is 8.00. The average molecular weight is 426 g/mol. The number of nitrogens with one attached hydrogen (secondary N) is 3. The van der Waals surface area contributed by atoms with Crippen molar-refractivity contribution in [1.29, 1.82) is 5.26 Å². The smallest absolute Gasteiger partial charge is 0.226 e. The number of benzene rings is 1. The molecule has 1 aromatic carbocycles. The van der Waals surface area contributed by atoms with E-state index in [1.165, 1.54) is 12.1 Å². The first-order valence-electron chi connectivity index (χ1n) is 9.16. The van der Waals surface area contributed by atoms with Gasteiger partial charge >= 0.3 is 0 Å². The molecule has 0 radical (unpaired) electrons. The summed E-state index contributed by atoms with van der Waals surface area (Å²) in [5, 5.41) is 24.0. The van der Waals surface area contributed by atoms with Crippen LogP contribution in [0, 0.1) is 17.1 Å². The molecule has 3 aromatic heterocycles. The van der Waals surface area contributed by atoms with Crippen LogP contribution in [0.25, 0.3) is 22.3 Å². The number of aromatic nitrogens is 5. The lowest BCUT2D eigenvalue weighted by molar-refractivity contribution is -0.121. The van der Waals surface area contributed by atoms with Crippen LogP contribution in [0.4, 0.5) is 4.39 Å². The fourth-order valence-electron chi connectivity index (χ4n) is 3.25. The first-order valence-corrected chi connectivity index (χ1v) is 9.54. The van der Waals surface area contributed by atoms with Gasteiger partial charge in [-0.1, -0.05) is 11.6 Å². The maximum Gasteiger partial charge on any atom is 0.226 e. The van der Waals surface area contributed by atoms with Crippen LogP contribution < -0.4 is 5.32 Å². The first-order chi connectivity index (χ1) is 14.4. The van der Waals surface area contributed by atoms with Gasteiger partial charge in [-0.25, -0.2) is 4.39 Å². The van der Waals surface area contributed by atoms with E-state index < -0.39 is 5.82 Å². The number of aromatic amines is 2. The molecule has 0 spiro atoms. The van der Waals surface area contributed by atoms with Crippen molar-refractivity contribution in [1.82, 2.24) is 30.3 Å². The lowest BCUT2D eigenvalue weighted by atomic mass is 10.1. The Labute approximate surface area is 175 Å². The number of nitrogens with zero attached hydrogens (tertiary/aromatic N) is 4. The molecular weight excluding hydrogens is 409 g/mol. The molecule has 3 heterocycles. The molecule has 0 unspecified atom stereocenters. The van der Waals surface area contributed by atoms with Crippen LogP contribution in [0.3, 0.4) is 0 Å². The molecule has 0 bridgehead atoms. The Hall–Kier alpha value is -3.64. The number of H-pyrrole nitrogens is 2. The Morgan fingerprint density at radius 2 is 2.27 bits per heavy atom. The van der Waals surface area contributed by atoms with Gasteiger partial charge in [0.2, 0.25) is 5.91 Å². The number of hydrogen-bond donors (Lipinski definition) is 3. The SMILES string of the molecule is C[C@@H](Cn1ccc(-c2cc(F)c(C#N)c(Cl)c2)n1)NC(=O)Cc1cc2cn[nH]c2[nH]1. The van der Waals surface area contributed by atoms with Crippen molar-refractivity contribution in [3.8, 4) is 17.3 Å². The van der Waals surface area contributed by atoms with E-state index in [1.54, 1.807) is 29.2 Å². The summed E-state index contributed by atoms with van der Waals surface area (Å²) in [5.74, 6) is -0.806. The van der Waals surface area contributed by atoms with Crippen molar-refractivity contribution in [2.24, 2.45) is 0 Å². The molecule has 4 rings (SSSR count). The van der Waals surface area contributed by atoms with Gasteiger partial charge in [-0.3, -0.25) is 14.6 Å². The van der Waals surface area contributed by atoms with Gasteiger partial charge in [-0.05, 0) is 31.2 Å². The zero-order valence-electron chi connectivity index (χ0n) is 15.9. The maximum absolute atomic E-state index is 14.0. The zero-order chi connectivity index (χ0) is 21.3. The summed E-state index contributed by atoms with van der Waals surface area (Å²) in [5.41, 5.74) is 2.39.